The smallest absolute Gasteiger partial charge is 0.145 e. The maximum absolute atomic E-state index is 5.52. The van der Waals surface area contributed by atoms with Crippen LogP contribution in [-0.2, 0) is 5.41 Å². The Balaban J connectivity index is 2.18. The lowest BCUT2D eigenvalue weighted by atomic mass is 9.87. The van der Waals surface area contributed by atoms with Gasteiger partial charge in [0, 0.05) is 17.5 Å². The second-order valence-corrected chi connectivity index (χ2v) is 6.97. The molecule has 2 unspecified atom stereocenters. The van der Waals surface area contributed by atoms with Gasteiger partial charge in [0.1, 0.15) is 17.5 Å². The van der Waals surface area contributed by atoms with Gasteiger partial charge in [-0.3, -0.25) is 0 Å². The molecule has 1 aliphatic carbocycles. The number of hydrazine groups is 1. The van der Waals surface area contributed by atoms with Crippen molar-refractivity contribution in [3.05, 3.63) is 11.9 Å². The molecular weight excluding hydrogens is 250 g/mol. The van der Waals surface area contributed by atoms with Crippen LogP contribution in [0.1, 0.15) is 59.2 Å². The number of nitrogens with zero attached hydrogens (tertiary/aromatic N) is 2. The Morgan fingerprint density at radius 3 is 2.50 bits per heavy atom. The van der Waals surface area contributed by atoms with Crippen LogP contribution in [0, 0.1) is 5.92 Å². The summed E-state index contributed by atoms with van der Waals surface area (Å²) in [5.74, 6) is 8.65. The maximum Gasteiger partial charge on any atom is 0.145 e. The number of nitrogens with one attached hydrogen (secondary N) is 2. The van der Waals surface area contributed by atoms with E-state index in [0.29, 0.717) is 11.9 Å². The van der Waals surface area contributed by atoms with Crippen LogP contribution in [0.2, 0.25) is 0 Å². The average molecular weight is 277 g/mol. The molecule has 4 N–H and O–H groups in total. The largest absolute Gasteiger partial charge is 0.367 e. The lowest BCUT2D eigenvalue weighted by molar-refractivity contribution is 0.358. The zero-order valence-corrected chi connectivity index (χ0v) is 13.0. The molecule has 1 heterocycles. The number of aromatic nitrogens is 2. The van der Waals surface area contributed by atoms with Gasteiger partial charge in [0.05, 0.1) is 0 Å². The number of hydrogen-bond donors (Lipinski definition) is 3. The number of rotatable bonds is 3. The molecule has 1 aromatic heterocycles. The summed E-state index contributed by atoms with van der Waals surface area (Å²) in [5.41, 5.74) is 2.54. The van der Waals surface area contributed by atoms with E-state index >= 15 is 0 Å². The topological polar surface area (TPSA) is 75.9 Å². The molecule has 1 aliphatic rings. The molecule has 0 radical (unpaired) electrons. The van der Waals surface area contributed by atoms with Gasteiger partial charge in [-0.15, -0.1) is 0 Å². The van der Waals surface area contributed by atoms with E-state index < -0.39 is 0 Å². The van der Waals surface area contributed by atoms with Crippen molar-refractivity contribution in [1.82, 2.24) is 9.97 Å². The van der Waals surface area contributed by atoms with Crippen molar-refractivity contribution >= 4 is 11.6 Å². The molecule has 2 atom stereocenters. The van der Waals surface area contributed by atoms with Gasteiger partial charge in [0.15, 0.2) is 0 Å². The van der Waals surface area contributed by atoms with Gasteiger partial charge in [0.25, 0.3) is 0 Å². The standard InChI is InChI=1S/C15H27N5/c1-10-6-5-7-11(8-10)17-12-9-13(20-16)19-14(18-12)15(2,3)4/h9-11H,5-8,16H2,1-4H3,(H2,17,18,19,20). The highest BCUT2D eigenvalue weighted by atomic mass is 15.3. The molecule has 5 nitrogen and oxygen atoms in total. The summed E-state index contributed by atoms with van der Waals surface area (Å²) in [6.07, 6.45) is 5.05. The molecule has 0 aromatic carbocycles. The van der Waals surface area contributed by atoms with E-state index in [1.165, 1.54) is 25.7 Å². The predicted molar refractivity (Wildman–Crippen MR) is 83.6 cm³/mol. The molecule has 1 fully saturated rings. The van der Waals surface area contributed by atoms with E-state index in [2.05, 4.69) is 48.4 Å². The second kappa shape index (κ2) is 5.95. The molecule has 1 saturated carbocycles. The van der Waals surface area contributed by atoms with Crippen LogP contribution in [-0.4, -0.2) is 16.0 Å². The first kappa shape index (κ1) is 15.0. The lowest BCUT2D eigenvalue weighted by Crippen LogP contribution is -2.28. The molecule has 20 heavy (non-hydrogen) atoms. The van der Waals surface area contributed by atoms with Gasteiger partial charge in [-0.2, -0.15) is 0 Å². The molecule has 0 amide bonds. The average Bonchev–Trinajstić information content (AvgIpc) is 2.37. The van der Waals surface area contributed by atoms with Crippen molar-refractivity contribution in [2.75, 3.05) is 10.7 Å². The SMILES string of the molecule is CC1CCCC(Nc2cc(NN)nc(C(C)(C)C)n2)C1. The quantitative estimate of drug-likeness (QED) is 0.585. The summed E-state index contributed by atoms with van der Waals surface area (Å²) >= 11 is 0. The summed E-state index contributed by atoms with van der Waals surface area (Å²) in [6.45, 7) is 8.64. The van der Waals surface area contributed by atoms with Crippen molar-refractivity contribution in [2.24, 2.45) is 11.8 Å². The van der Waals surface area contributed by atoms with Crippen molar-refractivity contribution in [2.45, 2.75) is 64.8 Å². The van der Waals surface area contributed by atoms with Crippen LogP contribution in [0.25, 0.3) is 0 Å². The van der Waals surface area contributed by atoms with Crippen molar-refractivity contribution in [1.29, 1.82) is 0 Å². The van der Waals surface area contributed by atoms with Gasteiger partial charge < -0.3 is 10.7 Å². The molecule has 0 bridgehead atoms. The van der Waals surface area contributed by atoms with Crippen LogP contribution in [0.15, 0.2) is 6.07 Å². The number of hydrogen-bond acceptors (Lipinski definition) is 5. The summed E-state index contributed by atoms with van der Waals surface area (Å²) in [7, 11) is 0. The molecule has 2 rings (SSSR count). The maximum atomic E-state index is 5.52. The zero-order chi connectivity index (χ0) is 14.8. The van der Waals surface area contributed by atoms with Crippen molar-refractivity contribution in [3.63, 3.8) is 0 Å². The molecular formula is C15H27N5. The normalized spacial score (nSPS) is 23.4. The Morgan fingerprint density at radius 2 is 1.90 bits per heavy atom. The van der Waals surface area contributed by atoms with Crippen LogP contribution < -0.4 is 16.6 Å². The third kappa shape index (κ3) is 3.82. The Kier molecular flexibility index (Phi) is 4.48. The Labute approximate surface area is 121 Å². The first-order chi connectivity index (χ1) is 9.38. The second-order valence-electron chi connectivity index (χ2n) is 6.97. The van der Waals surface area contributed by atoms with E-state index in [-0.39, 0.29) is 5.41 Å². The Bertz CT molecular complexity index is 452. The van der Waals surface area contributed by atoms with Crippen LogP contribution in [0.3, 0.4) is 0 Å². The third-order valence-electron chi connectivity index (χ3n) is 3.83. The molecule has 0 saturated heterocycles. The van der Waals surface area contributed by atoms with Crippen molar-refractivity contribution < 1.29 is 0 Å². The molecule has 0 spiro atoms. The highest BCUT2D eigenvalue weighted by molar-refractivity contribution is 5.48. The van der Waals surface area contributed by atoms with E-state index in [9.17, 15) is 0 Å². The van der Waals surface area contributed by atoms with Crippen LogP contribution in [0.5, 0.6) is 0 Å². The minimum Gasteiger partial charge on any atom is -0.367 e. The fourth-order valence-corrected chi connectivity index (χ4v) is 2.70. The predicted octanol–water partition coefficient (Wildman–Crippen LogP) is 3.05. The highest BCUT2D eigenvalue weighted by Crippen LogP contribution is 2.27. The molecule has 0 aliphatic heterocycles. The van der Waals surface area contributed by atoms with Gasteiger partial charge in [0.2, 0.25) is 0 Å². The van der Waals surface area contributed by atoms with Gasteiger partial charge >= 0.3 is 0 Å². The fraction of sp³-hybridized carbons (Fsp3) is 0.733. The van der Waals surface area contributed by atoms with Gasteiger partial charge in [-0.25, -0.2) is 15.8 Å². The summed E-state index contributed by atoms with van der Waals surface area (Å²) < 4.78 is 0. The lowest BCUT2D eigenvalue weighted by Gasteiger charge is -2.28. The minimum absolute atomic E-state index is 0.0941. The van der Waals surface area contributed by atoms with Crippen LogP contribution in [0.4, 0.5) is 11.6 Å². The van der Waals surface area contributed by atoms with Gasteiger partial charge in [-0.1, -0.05) is 40.5 Å². The number of nitrogen functional groups attached to an aromatic ring is 1. The Morgan fingerprint density at radius 1 is 1.20 bits per heavy atom. The summed E-state index contributed by atoms with van der Waals surface area (Å²) in [6, 6.07) is 2.39. The molecule has 112 valence electrons. The molecule has 1 aromatic rings. The highest BCUT2D eigenvalue weighted by Gasteiger charge is 2.22. The van der Waals surface area contributed by atoms with E-state index in [1.807, 2.05) is 6.07 Å². The van der Waals surface area contributed by atoms with E-state index in [1.54, 1.807) is 0 Å². The summed E-state index contributed by atoms with van der Waals surface area (Å²) in [5, 5.41) is 3.55. The number of nitrogens with two attached hydrogens (primary N) is 1. The van der Waals surface area contributed by atoms with E-state index in [0.717, 1.165) is 17.6 Å². The van der Waals surface area contributed by atoms with Crippen LogP contribution >= 0.6 is 0 Å². The van der Waals surface area contributed by atoms with Gasteiger partial charge in [-0.05, 0) is 18.8 Å². The first-order valence-corrected chi connectivity index (χ1v) is 7.51. The van der Waals surface area contributed by atoms with E-state index in [4.69, 9.17) is 5.84 Å². The fourth-order valence-electron chi connectivity index (χ4n) is 2.70. The minimum atomic E-state index is -0.0941. The zero-order valence-electron chi connectivity index (χ0n) is 13.0. The number of anilines is 2. The first-order valence-electron chi connectivity index (χ1n) is 7.51. The molecule has 5 heteroatoms. The monoisotopic (exact) mass is 277 g/mol. The summed E-state index contributed by atoms with van der Waals surface area (Å²) in [4.78, 5) is 9.10. The van der Waals surface area contributed by atoms with Crippen molar-refractivity contribution in [3.8, 4) is 0 Å². The third-order valence-corrected chi connectivity index (χ3v) is 3.83. The Hall–Kier alpha value is -1.36.